The van der Waals surface area contributed by atoms with Crippen molar-refractivity contribution in [3.63, 3.8) is 0 Å². The summed E-state index contributed by atoms with van der Waals surface area (Å²) in [6.07, 6.45) is 5.43. The summed E-state index contributed by atoms with van der Waals surface area (Å²) in [6.45, 7) is 8.31. The second-order valence-corrected chi connectivity index (χ2v) is 8.22. The summed E-state index contributed by atoms with van der Waals surface area (Å²) in [5.41, 5.74) is 3.55. The molecular weight excluding hydrogens is 312 g/mol. The van der Waals surface area contributed by atoms with E-state index in [1.807, 2.05) is 29.0 Å². The molecule has 0 aromatic carbocycles. The van der Waals surface area contributed by atoms with Crippen LogP contribution in [0.1, 0.15) is 30.7 Å². The Hall–Kier alpha value is -1.40. The van der Waals surface area contributed by atoms with Crippen molar-refractivity contribution in [3.8, 4) is 0 Å². The molecule has 0 spiro atoms. The summed E-state index contributed by atoms with van der Waals surface area (Å²) in [5.74, 6) is 1.63. The Morgan fingerprint density at radius 1 is 1.50 bits per heavy atom. The van der Waals surface area contributed by atoms with E-state index in [1.165, 1.54) is 28.7 Å². The van der Waals surface area contributed by atoms with Crippen LogP contribution in [0.25, 0.3) is 15.9 Å². The molecule has 4 nitrogen and oxygen atoms in total. The number of hydrogen-bond donors (Lipinski definition) is 0. The van der Waals surface area contributed by atoms with E-state index in [4.69, 9.17) is 0 Å². The van der Waals surface area contributed by atoms with E-state index in [0.29, 0.717) is 0 Å². The lowest BCUT2D eigenvalue weighted by Gasteiger charge is -2.17. The van der Waals surface area contributed by atoms with Gasteiger partial charge in [-0.1, -0.05) is 30.8 Å². The molecule has 1 aliphatic carbocycles. The van der Waals surface area contributed by atoms with Crippen molar-refractivity contribution in [2.75, 3.05) is 5.75 Å². The highest BCUT2D eigenvalue weighted by molar-refractivity contribution is 7.99. The molecule has 0 N–H and O–H groups in total. The quantitative estimate of drug-likeness (QED) is 0.535. The van der Waals surface area contributed by atoms with Gasteiger partial charge in [0, 0.05) is 10.6 Å². The highest BCUT2D eigenvalue weighted by Gasteiger charge is 2.23. The van der Waals surface area contributed by atoms with E-state index in [0.717, 1.165) is 39.3 Å². The third-order valence-corrected chi connectivity index (χ3v) is 6.46. The maximum Gasteiger partial charge on any atom is 0.197 e. The average Bonchev–Trinajstić information content (AvgIpc) is 3.04. The van der Waals surface area contributed by atoms with Gasteiger partial charge in [0.05, 0.1) is 5.39 Å². The van der Waals surface area contributed by atoms with Crippen molar-refractivity contribution >= 4 is 39.0 Å². The lowest BCUT2D eigenvalue weighted by Crippen LogP contribution is -2.08. The molecule has 3 heterocycles. The predicted molar refractivity (Wildman–Crippen MR) is 92.9 cm³/mol. The van der Waals surface area contributed by atoms with Gasteiger partial charge in [0.15, 0.2) is 10.8 Å². The first kappa shape index (κ1) is 14.2. The summed E-state index contributed by atoms with van der Waals surface area (Å²) in [7, 11) is 0. The molecule has 0 fully saturated rings. The molecule has 3 aromatic rings. The van der Waals surface area contributed by atoms with Gasteiger partial charge < -0.3 is 0 Å². The van der Waals surface area contributed by atoms with Crippen LogP contribution in [-0.2, 0) is 12.8 Å². The zero-order valence-electron chi connectivity index (χ0n) is 12.8. The molecule has 4 rings (SSSR count). The highest BCUT2D eigenvalue weighted by atomic mass is 32.2. The minimum absolute atomic E-state index is 0.774. The minimum atomic E-state index is 0.774. The molecule has 0 radical (unpaired) electrons. The van der Waals surface area contributed by atoms with Crippen molar-refractivity contribution in [3.05, 3.63) is 28.9 Å². The Bertz CT molecular complexity index is 877. The Labute approximate surface area is 137 Å². The Morgan fingerprint density at radius 3 is 3.18 bits per heavy atom. The van der Waals surface area contributed by atoms with Gasteiger partial charge in [-0.2, -0.15) is 0 Å². The van der Waals surface area contributed by atoms with Crippen LogP contribution in [0.3, 0.4) is 0 Å². The van der Waals surface area contributed by atoms with Crippen LogP contribution in [-0.4, -0.2) is 25.3 Å². The van der Waals surface area contributed by atoms with Crippen LogP contribution in [0, 0.1) is 5.92 Å². The third-order valence-electron chi connectivity index (χ3n) is 4.12. The largest absolute Gasteiger partial charge is 0.260 e. The number of thioether (sulfide) groups is 1. The Kier molecular flexibility index (Phi) is 3.46. The fraction of sp³-hybridized carbons (Fsp3) is 0.438. The fourth-order valence-corrected chi connectivity index (χ4v) is 5.10. The Morgan fingerprint density at radius 2 is 2.36 bits per heavy atom. The Balaban J connectivity index is 1.87. The molecule has 1 unspecified atom stereocenters. The van der Waals surface area contributed by atoms with Gasteiger partial charge in [-0.05, 0) is 37.7 Å². The van der Waals surface area contributed by atoms with Gasteiger partial charge in [-0.3, -0.25) is 4.40 Å². The summed E-state index contributed by atoms with van der Waals surface area (Å²) in [6, 6.07) is 0. The summed E-state index contributed by atoms with van der Waals surface area (Å²) in [5, 5.41) is 10.9. The second kappa shape index (κ2) is 5.35. The molecule has 1 aliphatic rings. The summed E-state index contributed by atoms with van der Waals surface area (Å²) >= 11 is 3.50. The standard InChI is InChI=1S/C16H18N4S2/c1-9(2)7-21-16-19-18-14-13-11-5-4-10(3)6-12(11)22-15(13)17-8-20(14)16/h8,10H,1,4-7H2,2-3H3. The van der Waals surface area contributed by atoms with E-state index < -0.39 is 0 Å². The topological polar surface area (TPSA) is 43.1 Å². The van der Waals surface area contributed by atoms with E-state index in [2.05, 4.69) is 28.7 Å². The fourth-order valence-electron chi connectivity index (χ4n) is 3.01. The van der Waals surface area contributed by atoms with Gasteiger partial charge in [-0.15, -0.1) is 21.5 Å². The third kappa shape index (κ3) is 2.25. The number of thiophene rings is 1. The molecule has 0 amide bonds. The number of hydrogen-bond acceptors (Lipinski definition) is 5. The molecule has 1 atom stereocenters. The zero-order chi connectivity index (χ0) is 15.3. The molecule has 0 saturated carbocycles. The summed E-state index contributed by atoms with van der Waals surface area (Å²) < 4.78 is 2.03. The van der Waals surface area contributed by atoms with Gasteiger partial charge in [0.1, 0.15) is 11.2 Å². The van der Waals surface area contributed by atoms with E-state index >= 15 is 0 Å². The maximum atomic E-state index is 4.67. The molecule has 0 bridgehead atoms. The van der Waals surface area contributed by atoms with Crippen LogP contribution >= 0.6 is 23.1 Å². The van der Waals surface area contributed by atoms with Gasteiger partial charge in [-0.25, -0.2) is 4.98 Å². The van der Waals surface area contributed by atoms with Crippen LogP contribution < -0.4 is 0 Å². The van der Waals surface area contributed by atoms with Crippen molar-refractivity contribution in [1.82, 2.24) is 19.6 Å². The maximum absolute atomic E-state index is 4.67. The number of fused-ring (bicyclic) bond motifs is 5. The van der Waals surface area contributed by atoms with Crippen molar-refractivity contribution in [2.45, 2.75) is 38.3 Å². The van der Waals surface area contributed by atoms with Crippen molar-refractivity contribution in [2.24, 2.45) is 5.92 Å². The average molecular weight is 330 g/mol. The predicted octanol–water partition coefficient (Wildman–Crippen LogP) is 4.13. The molecular formula is C16H18N4S2. The SMILES string of the molecule is C=C(C)CSc1nnc2c3c4c(sc3ncn12)CC(C)CC4. The van der Waals surface area contributed by atoms with Crippen LogP contribution in [0.2, 0.25) is 0 Å². The first-order valence-corrected chi connectivity index (χ1v) is 9.35. The van der Waals surface area contributed by atoms with E-state index in [1.54, 1.807) is 11.8 Å². The van der Waals surface area contributed by atoms with Gasteiger partial charge in [0.2, 0.25) is 0 Å². The molecule has 22 heavy (non-hydrogen) atoms. The number of rotatable bonds is 3. The molecule has 0 saturated heterocycles. The van der Waals surface area contributed by atoms with Crippen molar-refractivity contribution < 1.29 is 0 Å². The highest BCUT2D eigenvalue weighted by Crippen LogP contribution is 2.39. The zero-order valence-corrected chi connectivity index (χ0v) is 14.4. The lowest BCUT2D eigenvalue weighted by atomic mass is 9.89. The normalized spacial score (nSPS) is 18.0. The van der Waals surface area contributed by atoms with E-state index in [9.17, 15) is 0 Å². The van der Waals surface area contributed by atoms with Crippen molar-refractivity contribution in [1.29, 1.82) is 0 Å². The van der Waals surface area contributed by atoms with Gasteiger partial charge >= 0.3 is 0 Å². The number of nitrogens with zero attached hydrogens (tertiary/aromatic N) is 4. The second-order valence-electron chi connectivity index (χ2n) is 6.20. The monoisotopic (exact) mass is 330 g/mol. The van der Waals surface area contributed by atoms with Crippen LogP contribution in [0.15, 0.2) is 23.6 Å². The van der Waals surface area contributed by atoms with Crippen LogP contribution in [0.5, 0.6) is 0 Å². The first-order chi connectivity index (χ1) is 10.6. The summed E-state index contributed by atoms with van der Waals surface area (Å²) in [4.78, 5) is 7.27. The number of aromatic nitrogens is 4. The minimum Gasteiger partial charge on any atom is -0.260 e. The number of aryl methyl sites for hydroxylation is 1. The molecule has 114 valence electrons. The van der Waals surface area contributed by atoms with Gasteiger partial charge in [0.25, 0.3) is 0 Å². The smallest absolute Gasteiger partial charge is 0.197 e. The first-order valence-electron chi connectivity index (χ1n) is 7.54. The molecule has 6 heteroatoms. The molecule has 0 aliphatic heterocycles. The van der Waals surface area contributed by atoms with E-state index in [-0.39, 0.29) is 0 Å². The van der Waals surface area contributed by atoms with Crippen LogP contribution in [0.4, 0.5) is 0 Å². The lowest BCUT2D eigenvalue weighted by molar-refractivity contribution is 0.509. The molecule has 3 aromatic heterocycles.